The Hall–Kier alpha value is -0.120. The van der Waals surface area contributed by atoms with Crippen molar-refractivity contribution in [2.45, 2.75) is 72.4 Å². The van der Waals surface area contributed by atoms with E-state index < -0.39 is 0 Å². The number of hydrogen-bond acceptors (Lipinski definition) is 3. The van der Waals surface area contributed by atoms with E-state index in [1.54, 1.807) is 0 Å². The second-order valence-corrected chi connectivity index (χ2v) is 7.54. The molecule has 1 aliphatic heterocycles. The lowest BCUT2D eigenvalue weighted by atomic mass is 10.1. The molecule has 3 heteroatoms. The van der Waals surface area contributed by atoms with Crippen LogP contribution in [0, 0.1) is 11.8 Å². The Balaban J connectivity index is 2.27. The zero-order valence-corrected chi connectivity index (χ0v) is 15.0. The third-order valence-corrected chi connectivity index (χ3v) is 4.45. The molecule has 1 fully saturated rings. The maximum Gasteiger partial charge on any atom is 0.0700 e. The fourth-order valence-corrected chi connectivity index (χ4v) is 2.79. The summed E-state index contributed by atoms with van der Waals surface area (Å²) in [6.45, 7) is 17.2. The molecule has 126 valence electrons. The third-order valence-electron chi connectivity index (χ3n) is 4.45. The number of rotatable bonds is 11. The Morgan fingerprint density at radius 3 is 2.14 bits per heavy atom. The summed E-state index contributed by atoms with van der Waals surface area (Å²) in [5.74, 6) is 1.58. The van der Waals surface area contributed by atoms with E-state index in [1.807, 2.05) is 0 Å². The molecule has 0 saturated carbocycles. The zero-order chi connectivity index (χ0) is 15.7. The molecule has 1 heterocycles. The van der Waals surface area contributed by atoms with Crippen LogP contribution in [0.3, 0.4) is 0 Å². The maximum atomic E-state index is 5.68. The van der Waals surface area contributed by atoms with Crippen LogP contribution in [0.4, 0.5) is 0 Å². The van der Waals surface area contributed by atoms with Gasteiger partial charge in [0.1, 0.15) is 0 Å². The molecule has 2 unspecified atom stereocenters. The van der Waals surface area contributed by atoms with Crippen molar-refractivity contribution in [1.29, 1.82) is 0 Å². The molecule has 0 aromatic carbocycles. The lowest BCUT2D eigenvalue weighted by molar-refractivity contribution is 0.106. The number of ether oxygens (including phenoxy) is 1. The van der Waals surface area contributed by atoms with Crippen LogP contribution in [-0.2, 0) is 4.74 Å². The van der Waals surface area contributed by atoms with Crippen LogP contribution >= 0.6 is 0 Å². The van der Waals surface area contributed by atoms with Gasteiger partial charge in [-0.2, -0.15) is 0 Å². The van der Waals surface area contributed by atoms with E-state index in [4.69, 9.17) is 4.74 Å². The van der Waals surface area contributed by atoms with Gasteiger partial charge in [0, 0.05) is 25.7 Å². The first-order valence-corrected chi connectivity index (χ1v) is 9.05. The van der Waals surface area contributed by atoms with Crippen molar-refractivity contribution < 1.29 is 4.74 Å². The highest BCUT2D eigenvalue weighted by molar-refractivity contribution is 4.74. The SMILES string of the molecule is CC(C)CCN(CCC(C)C)C(C)CNCC1CCCO1. The molecule has 2 atom stereocenters. The van der Waals surface area contributed by atoms with Crippen LogP contribution in [0.1, 0.15) is 60.3 Å². The van der Waals surface area contributed by atoms with Gasteiger partial charge in [-0.3, -0.25) is 4.90 Å². The van der Waals surface area contributed by atoms with E-state index in [0.29, 0.717) is 12.1 Å². The molecule has 3 nitrogen and oxygen atoms in total. The first kappa shape index (κ1) is 18.9. The van der Waals surface area contributed by atoms with Gasteiger partial charge in [0.15, 0.2) is 0 Å². The Morgan fingerprint density at radius 1 is 1.05 bits per heavy atom. The lowest BCUT2D eigenvalue weighted by Crippen LogP contribution is -2.43. The molecule has 1 N–H and O–H groups in total. The number of hydrogen-bond donors (Lipinski definition) is 1. The van der Waals surface area contributed by atoms with Crippen molar-refractivity contribution in [1.82, 2.24) is 10.2 Å². The molecule has 0 amide bonds. The summed E-state index contributed by atoms with van der Waals surface area (Å²) in [6.07, 6.45) is 5.52. The molecule has 0 spiro atoms. The Morgan fingerprint density at radius 2 is 1.67 bits per heavy atom. The fourth-order valence-electron chi connectivity index (χ4n) is 2.79. The highest BCUT2D eigenvalue weighted by Gasteiger charge is 2.17. The van der Waals surface area contributed by atoms with Gasteiger partial charge in [0.05, 0.1) is 6.10 Å². The first-order valence-electron chi connectivity index (χ1n) is 9.05. The summed E-state index contributed by atoms with van der Waals surface area (Å²) < 4.78 is 5.68. The number of nitrogens with zero attached hydrogens (tertiary/aromatic N) is 1. The van der Waals surface area contributed by atoms with Crippen molar-refractivity contribution in [3.8, 4) is 0 Å². The number of nitrogens with one attached hydrogen (secondary N) is 1. The van der Waals surface area contributed by atoms with Crippen molar-refractivity contribution in [2.75, 3.05) is 32.8 Å². The summed E-state index contributed by atoms with van der Waals surface area (Å²) in [6, 6.07) is 0.615. The minimum Gasteiger partial charge on any atom is -0.377 e. The van der Waals surface area contributed by atoms with Gasteiger partial charge in [-0.25, -0.2) is 0 Å². The molecule has 0 bridgehead atoms. The average molecular weight is 299 g/mol. The van der Waals surface area contributed by atoms with Crippen molar-refractivity contribution >= 4 is 0 Å². The molecule has 21 heavy (non-hydrogen) atoms. The van der Waals surface area contributed by atoms with Crippen molar-refractivity contribution in [2.24, 2.45) is 11.8 Å². The maximum absolute atomic E-state index is 5.68. The van der Waals surface area contributed by atoms with E-state index in [0.717, 1.165) is 31.5 Å². The summed E-state index contributed by atoms with van der Waals surface area (Å²) >= 11 is 0. The summed E-state index contributed by atoms with van der Waals surface area (Å²) in [4.78, 5) is 2.67. The first-order chi connectivity index (χ1) is 9.99. The van der Waals surface area contributed by atoms with Crippen molar-refractivity contribution in [3.05, 3.63) is 0 Å². The second kappa shape index (κ2) is 10.6. The Kier molecular flexibility index (Phi) is 9.54. The largest absolute Gasteiger partial charge is 0.377 e. The van der Waals surface area contributed by atoms with Gasteiger partial charge < -0.3 is 10.1 Å². The normalized spacial score (nSPS) is 20.9. The van der Waals surface area contributed by atoms with Gasteiger partial charge in [0.2, 0.25) is 0 Å². The second-order valence-electron chi connectivity index (χ2n) is 7.54. The molecule has 0 aliphatic carbocycles. The van der Waals surface area contributed by atoms with E-state index in [9.17, 15) is 0 Å². The predicted molar refractivity (Wildman–Crippen MR) is 91.8 cm³/mol. The molecular weight excluding hydrogens is 260 g/mol. The van der Waals surface area contributed by atoms with Crippen LogP contribution in [0.5, 0.6) is 0 Å². The highest BCUT2D eigenvalue weighted by Crippen LogP contribution is 2.12. The average Bonchev–Trinajstić information content (AvgIpc) is 2.91. The summed E-state index contributed by atoms with van der Waals surface area (Å²) in [5.41, 5.74) is 0. The van der Waals surface area contributed by atoms with Crippen molar-refractivity contribution in [3.63, 3.8) is 0 Å². The molecule has 0 aromatic rings. The van der Waals surface area contributed by atoms with Gasteiger partial charge in [-0.1, -0.05) is 27.7 Å². The Bertz CT molecular complexity index is 238. The molecular formula is C18H38N2O. The topological polar surface area (TPSA) is 24.5 Å². The summed E-state index contributed by atoms with van der Waals surface area (Å²) in [7, 11) is 0. The minimum absolute atomic E-state index is 0.456. The van der Waals surface area contributed by atoms with Gasteiger partial charge in [-0.05, 0) is 57.5 Å². The van der Waals surface area contributed by atoms with Crippen LogP contribution in [0.2, 0.25) is 0 Å². The fraction of sp³-hybridized carbons (Fsp3) is 1.00. The van der Waals surface area contributed by atoms with Crippen LogP contribution in [0.25, 0.3) is 0 Å². The molecule has 1 saturated heterocycles. The smallest absolute Gasteiger partial charge is 0.0700 e. The summed E-state index contributed by atoms with van der Waals surface area (Å²) in [5, 5.41) is 3.62. The van der Waals surface area contributed by atoms with Gasteiger partial charge in [0.25, 0.3) is 0 Å². The van der Waals surface area contributed by atoms with E-state index in [2.05, 4.69) is 44.8 Å². The Labute approximate surface area is 132 Å². The van der Waals surface area contributed by atoms with E-state index in [1.165, 1.54) is 38.8 Å². The molecule has 1 rings (SSSR count). The van der Waals surface area contributed by atoms with Gasteiger partial charge >= 0.3 is 0 Å². The zero-order valence-electron chi connectivity index (χ0n) is 15.0. The van der Waals surface area contributed by atoms with Crippen LogP contribution in [0.15, 0.2) is 0 Å². The minimum atomic E-state index is 0.456. The molecule has 0 radical (unpaired) electrons. The van der Waals surface area contributed by atoms with E-state index >= 15 is 0 Å². The van der Waals surface area contributed by atoms with Gasteiger partial charge in [-0.15, -0.1) is 0 Å². The van der Waals surface area contributed by atoms with E-state index in [-0.39, 0.29) is 0 Å². The van der Waals surface area contributed by atoms with Crippen LogP contribution < -0.4 is 5.32 Å². The lowest BCUT2D eigenvalue weighted by Gasteiger charge is -2.31. The standard InChI is InChI=1S/C18H38N2O/c1-15(2)8-10-20(11-9-16(3)4)17(5)13-19-14-18-7-6-12-21-18/h15-19H,6-14H2,1-5H3. The predicted octanol–water partition coefficient (Wildman–Crippen LogP) is 3.54. The third kappa shape index (κ3) is 8.80. The monoisotopic (exact) mass is 298 g/mol. The molecule has 1 aliphatic rings. The quantitative estimate of drug-likeness (QED) is 0.631. The van der Waals surface area contributed by atoms with Crippen LogP contribution in [-0.4, -0.2) is 49.8 Å². The highest BCUT2D eigenvalue weighted by atomic mass is 16.5. The molecule has 0 aromatic heterocycles.